The summed E-state index contributed by atoms with van der Waals surface area (Å²) in [6.45, 7) is 2.38. The lowest BCUT2D eigenvalue weighted by atomic mass is 9.98. The molecule has 0 saturated carbocycles. The highest BCUT2D eigenvalue weighted by molar-refractivity contribution is 5.70. The van der Waals surface area contributed by atoms with Crippen molar-refractivity contribution in [2.45, 2.75) is 248 Å². The van der Waals surface area contributed by atoms with E-state index in [-0.39, 0.29) is 19.4 Å². The van der Waals surface area contributed by atoms with Crippen LogP contribution in [-0.4, -0.2) is 142 Å². The van der Waals surface area contributed by atoms with Crippen molar-refractivity contribution >= 4 is 11.9 Å². The standard InChI is InChI=1S/C55H94O15/c1-3-5-7-9-11-13-15-17-18-19-20-21-22-23-24-26-27-29-31-33-35-37-46(57)65-40-43(68-47(58)38-36-34-32-30-28-25-16-14-12-10-8-6-4-2)41-66-54-53(64)51(62)49(60)45(70-54)42-67-55-52(63)50(61)48(59)44(39-56)69-55/h6,8,10,12,14,16,25,28,30,32,43-45,48-56,59-64H,3-5,7,9,11,13,15,17-24,26-27,29,31,33-42H2,1-2H3/b8-6+,12-10+,16-14+,28-25+,32-30+/t43?,44-,45-,48+,49+,50?,51?,52?,53?,54-,55-/m1/s1. The quantitative estimate of drug-likeness (QED) is 0.0175. The van der Waals surface area contributed by atoms with E-state index in [2.05, 4.69) is 19.9 Å². The third-order valence-corrected chi connectivity index (χ3v) is 12.6. The summed E-state index contributed by atoms with van der Waals surface area (Å²) in [7, 11) is 0. The summed E-state index contributed by atoms with van der Waals surface area (Å²) in [5.74, 6) is -1.01. The number of carbonyl (C=O) groups is 2. The average Bonchev–Trinajstić information content (AvgIpc) is 3.35. The van der Waals surface area contributed by atoms with Gasteiger partial charge in [0.15, 0.2) is 18.7 Å². The average molecular weight is 995 g/mol. The van der Waals surface area contributed by atoms with Gasteiger partial charge in [0.25, 0.3) is 0 Å². The molecule has 404 valence electrons. The second kappa shape index (κ2) is 41.6. The highest BCUT2D eigenvalue weighted by Crippen LogP contribution is 2.26. The molecule has 0 aromatic heterocycles. The lowest BCUT2D eigenvalue weighted by Gasteiger charge is -2.42. The van der Waals surface area contributed by atoms with Crippen molar-refractivity contribution in [1.29, 1.82) is 0 Å². The Hall–Kier alpha value is -2.80. The van der Waals surface area contributed by atoms with Gasteiger partial charge in [0, 0.05) is 12.8 Å². The molecule has 2 heterocycles. The molecule has 2 fully saturated rings. The first kappa shape index (κ1) is 63.3. The van der Waals surface area contributed by atoms with Gasteiger partial charge in [0.1, 0.15) is 55.4 Å². The number of esters is 2. The lowest BCUT2D eigenvalue weighted by molar-refractivity contribution is -0.332. The summed E-state index contributed by atoms with van der Waals surface area (Å²) >= 11 is 0. The van der Waals surface area contributed by atoms with Gasteiger partial charge >= 0.3 is 11.9 Å². The van der Waals surface area contributed by atoms with Crippen molar-refractivity contribution in [2.75, 3.05) is 26.4 Å². The first-order chi connectivity index (χ1) is 34.0. The van der Waals surface area contributed by atoms with Gasteiger partial charge in [0.2, 0.25) is 0 Å². The van der Waals surface area contributed by atoms with E-state index in [9.17, 15) is 45.3 Å². The molecule has 15 heteroatoms. The van der Waals surface area contributed by atoms with Gasteiger partial charge < -0.3 is 64.2 Å². The van der Waals surface area contributed by atoms with Gasteiger partial charge in [-0.2, -0.15) is 0 Å². The van der Waals surface area contributed by atoms with Crippen LogP contribution in [0.3, 0.4) is 0 Å². The summed E-state index contributed by atoms with van der Waals surface area (Å²) < 4.78 is 33.5. The molecule has 11 atom stereocenters. The van der Waals surface area contributed by atoms with Crippen LogP contribution in [0.15, 0.2) is 60.8 Å². The van der Waals surface area contributed by atoms with E-state index in [4.69, 9.17) is 28.4 Å². The highest BCUT2D eigenvalue weighted by Gasteiger charge is 2.47. The van der Waals surface area contributed by atoms with Gasteiger partial charge in [0.05, 0.1) is 19.8 Å². The SMILES string of the molecule is CC/C=C/C=C/C=C/C=C/C=C/CCCC(=O)OC(COC(=O)CCCCCCCCCCCCCCCCCCCCCCC)CO[C@@H]1O[C@H](CO[C@@H]2O[C@H](CO)[C@H](O)C(O)C2O)[C@H](O)C(O)C1O. The minimum atomic E-state index is -1.78. The second-order valence-electron chi connectivity index (χ2n) is 18.8. The molecule has 0 bridgehead atoms. The maximum Gasteiger partial charge on any atom is 0.306 e. The minimum Gasteiger partial charge on any atom is -0.462 e. The number of allylic oxidation sites excluding steroid dienone is 10. The smallest absolute Gasteiger partial charge is 0.306 e. The summed E-state index contributed by atoms with van der Waals surface area (Å²) in [5.41, 5.74) is 0. The van der Waals surface area contributed by atoms with E-state index < -0.39 is 99.3 Å². The van der Waals surface area contributed by atoms with E-state index in [1.807, 2.05) is 54.7 Å². The van der Waals surface area contributed by atoms with Gasteiger partial charge in [-0.15, -0.1) is 0 Å². The van der Waals surface area contributed by atoms with E-state index in [1.54, 1.807) is 0 Å². The van der Waals surface area contributed by atoms with Gasteiger partial charge in [-0.3, -0.25) is 9.59 Å². The molecule has 2 rings (SSSR count). The van der Waals surface area contributed by atoms with Crippen LogP contribution in [0.25, 0.3) is 0 Å². The van der Waals surface area contributed by atoms with Gasteiger partial charge in [-0.05, 0) is 25.7 Å². The van der Waals surface area contributed by atoms with Crippen molar-refractivity contribution in [2.24, 2.45) is 0 Å². The molecule has 0 spiro atoms. The molecule has 15 nitrogen and oxygen atoms in total. The van der Waals surface area contributed by atoms with Crippen molar-refractivity contribution < 1.29 is 73.8 Å². The van der Waals surface area contributed by atoms with Crippen LogP contribution in [0.2, 0.25) is 0 Å². The maximum absolute atomic E-state index is 13.0. The van der Waals surface area contributed by atoms with Crippen LogP contribution >= 0.6 is 0 Å². The van der Waals surface area contributed by atoms with Crippen molar-refractivity contribution in [1.82, 2.24) is 0 Å². The minimum absolute atomic E-state index is 0.0682. The third-order valence-electron chi connectivity index (χ3n) is 12.6. The molecule has 0 radical (unpaired) electrons. The summed E-state index contributed by atoms with van der Waals surface area (Å²) in [5, 5.41) is 72.1. The zero-order valence-electron chi connectivity index (χ0n) is 42.7. The summed E-state index contributed by atoms with van der Waals surface area (Å²) in [4.78, 5) is 25.7. The lowest BCUT2D eigenvalue weighted by Crippen LogP contribution is -2.61. The summed E-state index contributed by atoms with van der Waals surface area (Å²) in [6, 6.07) is 0. The van der Waals surface area contributed by atoms with Crippen molar-refractivity contribution in [3.8, 4) is 0 Å². The zero-order valence-corrected chi connectivity index (χ0v) is 42.7. The van der Waals surface area contributed by atoms with Crippen LogP contribution in [0.4, 0.5) is 0 Å². The normalized spacial score (nSPS) is 25.8. The van der Waals surface area contributed by atoms with Crippen molar-refractivity contribution in [3.63, 3.8) is 0 Å². The fourth-order valence-corrected chi connectivity index (χ4v) is 8.25. The Morgan fingerprint density at radius 2 is 0.900 bits per heavy atom. The van der Waals surface area contributed by atoms with E-state index in [0.717, 1.165) is 25.7 Å². The predicted molar refractivity (Wildman–Crippen MR) is 270 cm³/mol. The number of carbonyl (C=O) groups excluding carboxylic acids is 2. The Kier molecular flexibility index (Phi) is 37.7. The Bertz CT molecular complexity index is 1450. The molecule has 2 aliphatic heterocycles. The predicted octanol–water partition coefficient (Wildman–Crippen LogP) is 8.05. The van der Waals surface area contributed by atoms with Gasteiger partial charge in [-0.1, -0.05) is 203 Å². The number of hydrogen-bond acceptors (Lipinski definition) is 15. The molecule has 7 N–H and O–H groups in total. The molecule has 5 unspecified atom stereocenters. The number of rotatable bonds is 41. The zero-order chi connectivity index (χ0) is 51.0. The fraction of sp³-hybridized carbons (Fsp3) is 0.782. The van der Waals surface area contributed by atoms with Crippen LogP contribution in [0.1, 0.15) is 181 Å². The maximum atomic E-state index is 13.0. The van der Waals surface area contributed by atoms with Gasteiger partial charge in [-0.25, -0.2) is 0 Å². The number of unbranched alkanes of at least 4 members (excludes halogenated alkanes) is 21. The van der Waals surface area contributed by atoms with Crippen LogP contribution in [-0.2, 0) is 38.0 Å². The molecular formula is C55H94O15. The molecule has 0 aliphatic carbocycles. The number of hydrogen-bond donors (Lipinski definition) is 7. The van der Waals surface area contributed by atoms with Crippen LogP contribution < -0.4 is 0 Å². The molecular weight excluding hydrogens is 901 g/mol. The Balaban J connectivity index is 1.77. The Morgan fingerprint density at radius 1 is 0.471 bits per heavy atom. The van der Waals surface area contributed by atoms with E-state index >= 15 is 0 Å². The first-order valence-corrected chi connectivity index (χ1v) is 26.9. The van der Waals surface area contributed by atoms with E-state index in [0.29, 0.717) is 19.3 Å². The number of aliphatic hydroxyl groups is 7. The molecule has 0 aromatic rings. The molecule has 70 heavy (non-hydrogen) atoms. The summed E-state index contributed by atoms with van der Waals surface area (Å²) in [6.07, 6.45) is 31.3. The first-order valence-electron chi connectivity index (χ1n) is 26.9. The Labute approximate surface area is 420 Å². The third kappa shape index (κ3) is 29.0. The fourth-order valence-electron chi connectivity index (χ4n) is 8.25. The topological polar surface area (TPSA) is 231 Å². The van der Waals surface area contributed by atoms with E-state index in [1.165, 1.54) is 109 Å². The van der Waals surface area contributed by atoms with Crippen LogP contribution in [0, 0.1) is 0 Å². The largest absolute Gasteiger partial charge is 0.462 e. The van der Waals surface area contributed by atoms with Crippen molar-refractivity contribution in [3.05, 3.63) is 60.8 Å². The molecule has 0 aromatic carbocycles. The monoisotopic (exact) mass is 995 g/mol. The number of ether oxygens (including phenoxy) is 6. The molecule has 0 amide bonds. The van der Waals surface area contributed by atoms with Crippen LogP contribution in [0.5, 0.6) is 0 Å². The highest BCUT2D eigenvalue weighted by atomic mass is 16.7. The Morgan fingerprint density at radius 3 is 1.40 bits per heavy atom. The molecule has 2 aliphatic rings. The number of aliphatic hydroxyl groups excluding tert-OH is 7. The second-order valence-corrected chi connectivity index (χ2v) is 18.8. The molecule has 2 saturated heterocycles.